The first-order valence-corrected chi connectivity index (χ1v) is 7.51. The van der Waals surface area contributed by atoms with E-state index in [9.17, 15) is 0 Å². The molecular formula is C15H31N. The topological polar surface area (TPSA) is 12.0 Å². The first-order chi connectivity index (χ1) is 7.86. The minimum atomic E-state index is 1.07. The van der Waals surface area contributed by atoms with E-state index < -0.39 is 0 Å². The van der Waals surface area contributed by atoms with Gasteiger partial charge >= 0.3 is 0 Å². The van der Waals surface area contributed by atoms with Crippen LogP contribution < -0.4 is 5.32 Å². The van der Waals surface area contributed by atoms with E-state index in [0.29, 0.717) is 0 Å². The molecule has 0 radical (unpaired) electrons. The van der Waals surface area contributed by atoms with Gasteiger partial charge in [0, 0.05) is 0 Å². The molecule has 1 rings (SSSR count). The third kappa shape index (κ3) is 5.89. The summed E-state index contributed by atoms with van der Waals surface area (Å²) >= 11 is 0. The average Bonchev–Trinajstić information content (AvgIpc) is 2.30. The largest absolute Gasteiger partial charge is 0.320 e. The molecule has 0 aromatic heterocycles. The van der Waals surface area contributed by atoms with Crippen LogP contribution >= 0.6 is 0 Å². The first-order valence-electron chi connectivity index (χ1n) is 7.51. The van der Waals surface area contributed by atoms with Crippen molar-refractivity contribution in [1.82, 2.24) is 5.32 Å². The van der Waals surface area contributed by atoms with Crippen LogP contribution in [0.25, 0.3) is 0 Å². The Bertz CT molecular complexity index is 154. The zero-order chi connectivity index (χ0) is 11.6. The highest BCUT2D eigenvalue weighted by atomic mass is 14.8. The van der Waals surface area contributed by atoms with Crippen molar-refractivity contribution in [2.24, 2.45) is 11.8 Å². The van der Waals surface area contributed by atoms with Gasteiger partial charge in [-0.15, -0.1) is 0 Å². The summed E-state index contributed by atoms with van der Waals surface area (Å²) in [6, 6.07) is 0. The number of nitrogens with one attached hydrogen (secondary N) is 1. The molecule has 1 aliphatic rings. The molecule has 0 aromatic rings. The van der Waals surface area contributed by atoms with Crippen LogP contribution in [0, 0.1) is 11.8 Å². The Labute approximate surface area is 102 Å². The van der Waals surface area contributed by atoms with Crippen LogP contribution in [0.4, 0.5) is 0 Å². The van der Waals surface area contributed by atoms with E-state index in [1.807, 2.05) is 0 Å². The lowest BCUT2D eigenvalue weighted by atomic mass is 9.77. The van der Waals surface area contributed by atoms with Gasteiger partial charge in [-0.05, 0) is 38.3 Å². The molecule has 1 aliphatic carbocycles. The highest BCUT2D eigenvalue weighted by molar-refractivity contribution is 4.73. The second-order valence-electron chi connectivity index (χ2n) is 5.64. The van der Waals surface area contributed by atoms with Crippen molar-refractivity contribution in [3.05, 3.63) is 0 Å². The van der Waals surface area contributed by atoms with E-state index in [2.05, 4.69) is 19.3 Å². The van der Waals surface area contributed by atoms with E-state index in [-0.39, 0.29) is 0 Å². The summed E-state index contributed by atoms with van der Waals surface area (Å²) in [4.78, 5) is 0. The lowest BCUT2D eigenvalue weighted by molar-refractivity contribution is 0.238. The van der Waals surface area contributed by atoms with E-state index in [1.165, 1.54) is 64.3 Å². The number of hydrogen-bond acceptors (Lipinski definition) is 1. The van der Waals surface area contributed by atoms with Gasteiger partial charge in [0.1, 0.15) is 0 Å². The van der Waals surface area contributed by atoms with E-state index in [1.54, 1.807) is 6.42 Å². The third-order valence-corrected chi connectivity index (χ3v) is 4.13. The van der Waals surface area contributed by atoms with Gasteiger partial charge in [0.25, 0.3) is 0 Å². The molecule has 2 atom stereocenters. The molecule has 1 unspecified atom stereocenters. The molecule has 0 aliphatic heterocycles. The van der Waals surface area contributed by atoms with Gasteiger partial charge in [0.2, 0.25) is 0 Å². The Kier molecular flexibility index (Phi) is 7.92. The predicted molar refractivity (Wildman–Crippen MR) is 72.8 cm³/mol. The molecule has 0 saturated heterocycles. The number of unbranched alkanes of at least 4 members (excludes halogenated alkanes) is 2. The second-order valence-corrected chi connectivity index (χ2v) is 5.64. The maximum atomic E-state index is 3.23. The fraction of sp³-hybridized carbons (Fsp3) is 1.00. The summed E-state index contributed by atoms with van der Waals surface area (Å²) in [5.74, 6) is 2.14. The molecular weight excluding hydrogens is 194 g/mol. The van der Waals surface area contributed by atoms with Crippen molar-refractivity contribution in [2.45, 2.75) is 71.1 Å². The summed E-state index contributed by atoms with van der Waals surface area (Å²) in [6.45, 7) is 3.53. The van der Waals surface area contributed by atoms with Gasteiger partial charge in [0.05, 0.1) is 0 Å². The average molecular weight is 225 g/mol. The van der Waals surface area contributed by atoms with Crippen molar-refractivity contribution in [3.8, 4) is 0 Å². The standard InChI is InChI=1S/C15H31N/c1-3-8-14-10-7-11-15(13-14)9-5-4-6-12-16-2/h14-16H,3-13H2,1-2H3/t14-,15?/m0/s1. The highest BCUT2D eigenvalue weighted by Crippen LogP contribution is 2.34. The van der Waals surface area contributed by atoms with Crippen LogP contribution in [-0.2, 0) is 0 Å². The van der Waals surface area contributed by atoms with Gasteiger partial charge in [0.15, 0.2) is 0 Å². The minimum absolute atomic E-state index is 1.07. The maximum Gasteiger partial charge on any atom is -0.00519 e. The molecule has 0 aromatic carbocycles. The third-order valence-electron chi connectivity index (χ3n) is 4.13. The summed E-state index contributed by atoms with van der Waals surface area (Å²) in [6.07, 6.45) is 14.7. The molecule has 1 saturated carbocycles. The van der Waals surface area contributed by atoms with E-state index in [4.69, 9.17) is 0 Å². The fourth-order valence-electron chi connectivity index (χ4n) is 3.25. The van der Waals surface area contributed by atoms with E-state index in [0.717, 1.165) is 11.8 Å². The van der Waals surface area contributed by atoms with Crippen molar-refractivity contribution in [1.29, 1.82) is 0 Å². The Hall–Kier alpha value is -0.0400. The lowest BCUT2D eigenvalue weighted by Crippen LogP contribution is -2.15. The highest BCUT2D eigenvalue weighted by Gasteiger charge is 2.20. The van der Waals surface area contributed by atoms with Gasteiger partial charge in [-0.3, -0.25) is 0 Å². The fourth-order valence-corrected chi connectivity index (χ4v) is 3.25. The molecule has 96 valence electrons. The Balaban J connectivity index is 2.02. The molecule has 16 heavy (non-hydrogen) atoms. The van der Waals surface area contributed by atoms with Crippen LogP contribution in [0.5, 0.6) is 0 Å². The Morgan fingerprint density at radius 1 is 1.00 bits per heavy atom. The van der Waals surface area contributed by atoms with Crippen LogP contribution in [-0.4, -0.2) is 13.6 Å². The summed E-state index contributed by atoms with van der Waals surface area (Å²) in [7, 11) is 2.05. The Morgan fingerprint density at radius 3 is 2.44 bits per heavy atom. The SMILES string of the molecule is CCC[C@H]1CCCC(CCCCCNC)C1. The smallest absolute Gasteiger partial charge is 0.00519 e. The monoisotopic (exact) mass is 225 g/mol. The molecule has 0 spiro atoms. The van der Waals surface area contributed by atoms with Crippen LogP contribution in [0.2, 0.25) is 0 Å². The normalized spacial score (nSPS) is 25.9. The number of rotatable bonds is 8. The van der Waals surface area contributed by atoms with Crippen molar-refractivity contribution < 1.29 is 0 Å². The summed E-state index contributed by atoms with van der Waals surface area (Å²) in [5.41, 5.74) is 0. The summed E-state index contributed by atoms with van der Waals surface area (Å²) < 4.78 is 0. The minimum Gasteiger partial charge on any atom is -0.320 e. The quantitative estimate of drug-likeness (QED) is 0.605. The van der Waals surface area contributed by atoms with Crippen LogP contribution in [0.3, 0.4) is 0 Å². The van der Waals surface area contributed by atoms with Crippen molar-refractivity contribution in [2.75, 3.05) is 13.6 Å². The van der Waals surface area contributed by atoms with Gasteiger partial charge in [-0.25, -0.2) is 0 Å². The molecule has 0 heterocycles. The van der Waals surface area contributed by atoms with Gasteiger partial charge in [-0.1, -0.05) is 58.3 Å². The second kappa shape index (κ2) is 9.04. The van der Waals surface area contributed by atoms with E-state index >= 15 is 0 Å². The predicted octanol–water partition coefficient (Wildman–Crippen LogP) is 4.37. The Morgan fingerprint density at radius 2 is 1.75 bits per heavy atom. The summed E-state index contributed by atoms with van der Waals surface area (Å²) in [5, 5.41) is 3.23. The zero-order valence-corrected chi connectivity index (χ0v) is 11.4. The molecule has 1 nitrogen and oxygen atoms in total. The maximum absolute atomic E-state index is 3.23. The molecule has 0 amide bonds. The lowest BCUT2D eigenvalue weighted by Gasteiger charge is -2.29. The molecule has 0 bridgehead atoms. The van der Waals surface area contributed by atoms with Crippen LogP contribution in [0.15, 0.2) is 0 Å². The molecule has 1 heteroatoms. The van der Waals surface area contributed by atoms with Crippen molar-refractivity contribution in [3.63, 3.8) is 0 Å². The van der Waals surface area contributed by atoms with Gasteiger partial charge < -0.3 is 5.32 Å². The molecule has 1 fully saturated rings. The van der Waals surface area contributed by atoms with Crippen LogP contribution in [0.1, 0.15) is 71.1 Å². The number of hydrogen-bond donors (Lipinski definition) is 1. The van der Waals surface area contributed by atoms with Crippen molar-refractivity contribution >= 4 is 0 Å². The molecule has 1 N–H and O–H groups in total. The van der Waals surface area contributed by atoms with Gasteiger partial charge in [-0.2, -0.15) is 0 Å². The first kappa shape index (κ1) is 14.0. The zero-order valence-electron chi connectivity index (χ0n) is 11.4.